The molecule has 1 unspecified atom stereocenters. The standard InChI is InChI=1S/C12H16BrClO3/c1-16-4-5-17-8-11(15)6-9-2-3-10(13)7-12(9)14/h2-3,7,11,15H,4-6,8H2,1H3. The van der Waals surface area contributed by atoms with E-state index in [1.165, 1.54) is 0 Å². The molecule has 0 aliphatic rings. The highest BCUT2D eigenvalue weighted by molar-refractivity contribution is 9.10. The Hall–Kier alpha value is -0.130. The second-order valence-corrected chi connectivity index (χ2v) is 4.98. The molecular weight excluding hydrogens is 307 g/mol. The van der Waals surface area contributed by atoms with Crippen LogP contribution in [0.25, 0.3) is 0 Å². The first-order valence-corrected chi connectivity index (χ1v) is 6.49. The molecule has 1 rings (SSSR count). The maximum atomic E-state index is 9.76. The number of aliphatic hydroxyl groups excluding tert-OH is 1. The summed E-state index contributed by atoms with van der Waals surface area (Å²) in [6.07, 6.45) is -0.0652. The summed E-state index contributed by atoms with van der Waals surface area (Å²) in [5.41, 5.74) is 0.915. The molecule has 96 valence electrons. The number of methoxy groups -OCH3 is 1. The van der Waals surface area contributed by atoms with Gasteiger partial charge in [0.15, 0.2) is 0 Å². The zero-order chi connectivity index (χ0) is 12.7. The number of aliphatic hydroxyl groups is 1. The van der Waals surface area contributed by atoms with Crippen molar-refractivity contribution in [2.45, 2.75) is 12.5 Å². The fourth-order valence-corrected chi connectivity index (χ4v) is 2.11. The first-order chi connectivity index (χ1) is 8.13. The molecule has 0 amide bonds. The summed E-state index contributed by atoms with van der Waals surface area (Å²) in [4.78, 5) is 0. The minimum absolute atomic E-state index is 0.287. The van der Waals surface area contributed by atoms with Gasteiger partial charge in [-0.25, -0.2) is 0 Å². The molecule has 0 fully saturated rings. The lowest BCUT2D eigenvalue weighted by Crippen LogP contribution is -2.19. The van der Waals surface area contributed by atoms with Crippen LogP contribution < -0.4 is 0 Å². The third-order valence-corrected chi connectivity index (χ3v) is 3.06. The zero-order valence-electron chi connectivity index (χ0n) is 9.66. The number of halogens is 2. The molecule has 17 heavy (non-hydrogen) atoms. The quantitative estimate of drug-likeness (QED) is 0.784. The van der Waals surface area contributed by atoms with Gasteiger partial charge in [-0.05, 0) is 17.7 Å². The van der Waals surface area contributed by atoms with E-state index in [0.29, 0.717) is 24.7 Å². The Balaban J connectivity index is 2.37. The minimum Gasteiger partial charge on any atom is -0.390 e. The molecule has 0 radical (unpaired) electrons. The molecule has 0 aliphatic carbocycles. The van der Waals surface area contributed by atoms with Crippen LogP contribution in [0, 0.1) is 0 Å². The van der Waals surface area contributed by atoms with E-state index in [1.54, 1.807) is 7.11 Å². The largest absolute Gasteiger partial charge is 0.390 e. The first kappa shape index (κ1) is 14.9. The molecule has 0 aromatic heterocycles. The summed E-state index contributed by atoms with van der Waals surface area (Å²) in [6.45, 7) is 1.31. The van der Waals surface area contributed by atoms with Gasteiger partial charge in [-0.2, -0.15) is 0 Å². The van der Waals surface area contributed by atoms with E-state index in [4.69, 9.17) is 21.1 Å². The molecule has 1 aromatic carbocycles. The molecule has 0 aliphatic heterocycles. The van der Waals surface area contributed by atoms with Gasteiger partial charge < -0.3 is 14.6 Å². The van der Waals surface area contributed by atoms with Gasteiger partial charge in [-0.15, -0.1) is 0 Å². The van der Waals surface area contributed by atoms with Gasteiger partial charge in [-0.3, -0.25) is 0 Å². The van der Waals surface area contributed by atoms with Gasteiger partial charge in [0, 0.05) is 23.0 Å². The number of benzene rings is 1. The maximum absolute atomic E-state index is 9.76. The van der Waals surface area contributed by atoms with Crippen molar-refractivity contribution in [3.63, 3.8) is 0 Å². The summed E-state index contributed by atoms with van der Waals surface area (Å²) in [5, 5.41) is 10.4. The topological polar surface area (TPSA) is 38.7 Å². The summed E-state index contributed by atoms with van der Waals surface area (Å²) < 4.78 is 11.0. The van der Waals surface area contributed by atoms with Gasteiger partial charge in [0.25, 0.3) is 0 Å². The molecule has 0 spiro atoms. The Morgan fingerprint density at radius 1 is 1.41 bits per heavy atom. The summed E-state index contributed by atoms with van der Waals surface area (Å²) in [6, 6.07) is 5.61. The summed E-state index contributed by atoms with van der Waals surface area (Å²) in [7, 11) is 1.61. The highest BCUT2D eigenvalue weighted by atomic mass is 79.9. The van der Waals surface area contributed by atoms with Crippen molar-refractivity contribution in [3.05, 3.63) is 33.3 Å². The Morgan fingerprint density at radius 2 is 2.18 bits per heavy atom. The van der Waals surface area contributed by atoms with E-state index in [0.717, 1.165) is 10.0 Å². The first-order valence-electron chi connectivity index (χ1n) is 5.32. The highest BCUT2D eigenvalue weighted by Crippen LogP contribution is 2.22. The second kappa shape index (κ2) is 8.06. The average Bonchev–Trinajstić information content (AvgIpc) is 2.28. The number of rotatable bonds is 7. The van der Waals surface area contributed by atoms with Crippen LogP contribution >= 0.6 is 27.5 Å². The van der Waals surface area contributed by atoms with Gasteiger partial charge in [0.2, 0.25) is 0 Å². The molecule has 0 bridgehead atoms. The summed E-state index contributed by atoms with van der Waals surface area (Å²) >= 11 is 9.39. The van der Waals surface area contributed by atoms with Crippen LogP contribution in [0.15, 0.2) is 22.7 Å². The van der Waals surface area contributed by atoms with Crippen molar-refractivity contribution in [3.8, 4) is 0 Å². The summed E-state index contributed by atoms with van der Waals surface area (Å²) in [5.74, 6) is 0. The Morgan fingerprint density at radius 3 is 2.82 bits per heavy atom. The Labute approximate surface area is 115 Å². The molecule has 0 saturated carbocycles. The predicted molar refractivity (Wildman–Crippen MR) is 71.6 cm³/mol. The van der Waals surface area contributed by atoms with Crippen LogP contribution in [0.5, 0.6) is 0 Å². The number of ether oxygens (including phenoxy) is 2. The molecule has 3 nitrogen and oxygen atoms in total. The van der Waals surface area contributed by atoms with Crippen LogP contribution in [0.3, 0.4) is 0 Å². The van der Waals surface area contributed by atoms with Crippen LogP contribution in [-0.2, 0) is 15.9 Å². The smallest absolute Gasteiger partial charge is 0.0814 e. The monoisotopic (exact) mass is 322 g/mol. The van der Waals surface area contributed by atoms with E-state index in [-0.39, 0.29) is 6.61 Å². The Kier molecular flexibility index (Phi) is 7.08. The van der Waals surface area contributed by atoms with Crippen molar-refractivity contribution in [2.75, 3.05) is 26.9 Å². The van der Waals surface area contributed by atoms with Crippen LogP contribution in [0.4, 0.5) is 0 Å². The van der Waals surface area contributed by atoms with Crippen molar-refractivity contribution in [1.82, 2.24) is 0 Å². The number of hydrogen-bond donors (Lipinski definition) is 1. The van der Waals surface area contributed by atoms with Gasteiger partial charge >= 0.3 is 0 Å². The lowest BCUT2D eigenvalue weighted by atomic mass is 10.1. The van der Waals surface area contributed by atoms with Gasteiger partial charge in [-0.1, -0.05) is 33.6 Å². The van der Waals surface area contributed by atoms with E-state index >= 15 is 0 Å². The lowest BCUT2D eigenvalue weighted by Gasteiger charge is -2.12. The molecule has 1 atom stereocenters. The van der Waals surface area contributed by atoms with E-state index in [2.05, 4.69) is 15.9 Å². The van der Waals surface area contributed by atoms with Crippen LogP contribution in [0.1, 0.15) is 5.56 Å². The molecule has 0 heterocycles. The van der Waals surface area contributed by atoms with Crippen molar-refractivity contribution in [1.29, 1.82) is 0 Å². The second-order valence-electron chi connectivity index (χ2n) is 3.66. The molecule has 5 heteroatoms. The fraction of sp³-hybridized carbons (Fsp3) is 0.500. The van der Waals surface area contributed by atoms with Crippen molar-refractivity contribution in [2.24, 2.45) is 0 Å². The van der Waals surface area contributed by atoms with E-state index < -0.39 is 6.10 Å². The molecule has 1 aromatic rings. The average molecular weight is 324 g/mol. The van der Waals surface area contributed by atoms with E-state index in [1.807, 2.05) is 18.2 Å². The number of hydrogen-bond acceptors (Lipinski definition) is 3. The van der Waals surface area contributed by atoms with Crippen molar-refractivity contribution < 1.29 is 14.6 Å². The SMILES string of the molecule is COCCOCC(O)Cc1ccc(Br)cc1Cl. The third-order valence-electron chi connectivity index (χ3n) is 2.21. The van der Waals surface area contributed by atoms with Crippen molar-refractivity contribution >= 4 is 27.5 Å². The highest BCUT2D eigenvalue weighted by Gasteiger charge is 2.09. The lowest BCUT2D eigenvalue weighted by molar-refractivity contribution is 0.0137. The fourth-order valence-electron chi connectivity index (χ4n) is 1.36. The van der Waals surface area contributed by atoms with Crippen LogP contribution in [-0.4, -0.2) is 38.1 Å². The van der Waals surface area contributed by atoms with Gasteiger partial charge in [0.1, 0.15) is 0 Å². The predicted octanol–water partition coefficient (Wildman–Crippen LogP) is 2.67. The molecule has 1 N–H and O–H groups in total. The normalized spacial score (nSPS) is 12.7. The van der Waals surface area contributed by atoms with E-state index in [9.17, 15) is 5.11 Å². The minimum atomic E-state index is -0.550. The van der Waals surface area contributed by atoms with Crippen LogP contribution in [0.2, 0.25) is 5.02 Å². The van der Waals surface area contributed by atoms with Gasteiger partial charge in [0.05, 0.1) is 25.9 Å². The molecule has 0 saturated heterocycles. The maximum Gasteiger partial charge on any atom is 0.0814 e. The third kappa shape index (κ3) is 5.84. The molecular formula is C12H16BrClO3. The zero-order valence-corrected chi connectivity index (χ0v) is 12.0. The Bertz CT molecular complexity index is 347.